The molecule has 0 saturated carbocycles. The van der Waals surface area contributed by atoms with Crippen LogP contribution in [0, 0.1) is 0 Å². The average molecular weight is 322 g/mol. The third-order valence-electron chi connectivity index (χ3n) is 3.69. The van der Waals surface area contributed by atoms with Crippen molar-refractivity contribution in [1.29, 1.82) is 0 Å². The highest BCUT2D eigenvalue weighted by molar-refractivity contribution is 7.88. The molecule has 21 heavy (non-hydrogen) atoms. The van der Waals surface area contributed by atoms with Gasteiger partial charge >= 0.3 is 0 Å². The number of likely N-dealkylation sites (tertiary alicyclic amines) is 1. The molecule has 0 aliphatic carbocycles. The molecule has 0 aromatic heterocycles. The van der Waals surface area contributed by atoms with E-state index in [4.69, 9.17) is 9.47 Å². The Morgan fingerprint density at radius 1 is 1.33 bits per heavy atom. The minimum Gasteiger partial charge on any atom is -0.385 e. The van der Waals surface area contributed by atoms with Gasteiger partial charge in [-0.1, -0.05) is 0 Å². The van der Waals surface area contributed by atoms with Gasteiger partial charge in [-0.2, -0.15) is 0 Å². The van der Waals surface area contributed by atoms with E-state index in [1.807, 2.05) is 6.92 Å². The Kier molecular flexibility index (Phi) is 7.05. The highest BCUT2D eigenvalue weighted by Gasteiger charge is 2.37. The molecule has 1 saturated heterocycles. The smallest absolute Gasteiger partial charge is 0.248 e. The molecule has 1 fully saturated rings. The normalized spacial score (nSPS) is 18.7. The summed E-state index contributed by atoms with van der Waals surface area (Å²) >= 11 is 0. The Morgan fingerprint density at radius 2 is 1.95 bits per heavy atom. The number of sulfonamides is 1. The second-order valence-electron chi connectivity index (χ2n) is 5.42. The van der Waals surface area contributed by atoms with Gasteiger partial charge in [0.1, 0.15) is 6.61 Å². The molecule has 1 aliphatic heterocycles. The summed E-state index contributed by atoms with van der Waals surface area (Å²) in [6.07, 6.45) is 2.93. The molecule has 8 heteroatoms. The van der Waals surface area contributed by atoms with Gasteiger partial charge in [0.05, 0.1) is 6.26 Å². The van der Waals surface area contributed by atoms with Gasteiger partial charge in [0, 0.05) is 39.0 Å². The number of rotatable bonds is 8. The van der Waals surface area contributed by atoms with Crippen molar-refractivity contribution in [1.82, 2.24) is 9.62 Å². The van der Waals surface area contributed by atoms with Gasteiger partial charge in [0.25, 0.3) is 0 Å². The zero-order valence-electron chi connectivity index (χ0n) is 13.1. The van der Waals surface area contributed by atoms with E-state index in [1.54, 1.807) is 12.0 Å². The van der Waals surface area contributed by atoms with Gasteiger partial charge in [-0.05, 0) is 26.2 Å². The number of hydrogen-bond donors (Lipinski definition) is 1. The lowest BCUT2D eigenvalue weighted by atomic mass is 9.85. The summed E-state index contributed by atoms with van der Waals surface area (Å²) in [6.45, 7) is 3.97. The molecule has 1 aliphatic rings. The first-order chi connectivity index (χ1) is 9.82. The Hall–Kier alpha value is -0.700. The molecule has 1 N–H and O–H groups in total. The minimum absolute atomic E-state index is 0.0449. The molecule has 1 heterocycles. The highest BCUT2D eigenvalue weighted by atomic mass is 32.2. The van der Waals surface area contributed by atoms with E-state index in [0.29, 0.717) is 45.6 Å². The van der Waals surface area contributed by atoms with Gasteiger partial charge in [0.15, 0.2) is 0 Å². The fraction of sp³-hybridized carbons (Fsp3) is 0.923. The largest absolute Gasteiger partial charge is 0.385 e. The van der Waals surface area contributed by atoms with Crippen LogP contribution in [0.4, 0.5) is 0 Å². The number of nitrogens with zero attached hydrogens (tertiary/aromatic N) is 1. The van der Waals surface area contributed by atoms with E-state index in [1.165, 1.54) is 0 Å². The van der Waals surface area contributed by atoms with Crippen molar-refractivity contribution in [2.45, 2.75) is 31.7 Å². The molecule has 0 aromatic rings. The van der Waals surface area contributed by atoms with Crippen LogP contribution in [-0.2, 0) is 24.3 Å². The zero-order valence-corrected chi connectivity index (χ0v) is 13.9. The fourth-order valence-electron chi connectivity index (χ4n) is 2.56. The van der Waals surface area contributed by atoms with E-state index in [-0.39, 0.29) is 12.5 Å². The number of hydrogen-bond acceptors (Lipinski definition) is 5. The number of nitrogens with one attached hydrogen (secondary N) is 1. The molecular formula is C13H26N2O5S. The van der Waals surface area contributed by atoms with Gasteiger partial charge in [0.2, 0.25) is 15.9 Å². The maximum absolute atomic E-state index is 11.9. The minimum atomic E-state index is -3.30. The lowest BCUT2D eigenvalue weighted by Crippen LogP contribution is -2.56. The molecule has 0 aromatic carbocycles. The van der Waals surface area contributed by atoms with Crippen molar-refractivity contribution in [3.8, 4) is 0 Å². The Bertz CT molecular complexity index is 430. The third-order valence-corrected chi connectivity index (χ3v) is 4.49. The predicted octanol–water partition coefficient (Wildman–Crippen LogP) is -0.0302. The van der Waals surface area contributed by atoms with E-state index in [9.17, 15) is 13.2 Å². The van der Waals surface area contributed by atoms with Crippen molar-refractivity contribution < 1.29 is 22.7 Å². The molecule has 0 unspecified atom stereocenters. The third kappa shape index (κ3) is 6.29. The zero-order chi connectivity index (χ0) is 15.9. The first-order valence-electron chi connectivity index (χ1n) is 7.15. The summed E-state index contributed by atoms with van der Waals surface area (Å²) < 4.78 is 36.1. The summed E-state index contributed by atoms with van der Waals surface area (Å²) in [7, 11) is -1.71. The Balaban J connectivity index is 2.63. The number of carbonyl (C=O) groups excluding carboxylic acids is 1. The van der Waals surface area contributed by atoms with Crippen molar-refractivity contribution >= 4 is 15.9 Å². The van der Waals surface area contributed by atoms with E-state index >= 15 is 0 Å². The SMILES string of the molecule is CCOCC(=O)N1CCC(CCOC)(NS(C)(=O)=O)CC1. The van der Waals surface area contributed by atoms with E-state index in [0.717, 1.165) is 6.26 Å². The van der Waals surface area contributed by atoms with Crippen LogP contribution in [0.5, 0.6) is 0 Å². The van der Waals surface area contributed by atoms with Crippen LogP contribution < -0.4 is 4.72 Å². The number of amides is 1. The summed E-state index contributed by atoms with van der Waals surface area (Å²) in [5, 5.41) is 0. The van der Waals surface area contributed by atoms with Crippen LogP contribution in [0.2, 0.25) is 0 Å². The summed E-state index contributed by atoms with van der Waals surface area (Å²) in [5.41, 5.74) is -0.522. The quantitative estimate of drug-likeness (QED) is 0.678. The molecule has 1 amide bonds. The first kappa shape index (κ1) is 18.3. The summed E-state index contributed by atoms with van der Waals surface area (Å²) in [4.78, 5) is 13.6. The van der Waals surface area contributed by atoms with Gasteiger partial charge in [-0.25, -0.2) is 13.1 Å². The Labute approximate surface area is 127 Å². The lowest BCUT2D eigenvalue weighted by Gasteiger charge is -2.41. The van der Waals surface area contributed by atoms with E-state index in [2.05, 4.69) is 4.72 Å². The summed E-state index contributed by atoms with van der Waals surface area (Å²) in [6, 6.07) is 0. The van der Waals surface area contributed by atoms with Gasteiger partial charge < -0.3 is 14.4 Å². The van der Waals surface area contributed by atoms with Crippen molar-refractivity contribution in [2.75, 3.05) is 46.3 Å². The topological polar surface area (TPSA) is 84.9 Å². The molecule has 0 bridgehead atoms. The number of piperidine rings is 1. The maximum Gasteiger partial charge on any atom is 0.248 e. The number of ether oxygens (including phenoxy) is 2. The molecule has 7 nitrogen and oxygen atoms in total. The molecule has 1 rings (SSSR count). The molecule has 0 atom stereocenters. The Morgan fingerprint density at radius 3 is 2.43 bits per heavy atom. The van der Waals surface area contributed by atoms with Crippen molar-refractivity contribution in [2.24, 2.45) is 0 Å². The first-order valence-corrected chi connectivity index (χ1v) is 9.04. The lowest BCUT2D eigenvalue weighted by molar-refractivity contribution is -0.137. The molecule has 0 spiro atoms. The van der Waals surface area contributed by atoms with Crippen molar-refractivity contribution in [3.05, 3.63) is 0 Å². The van der Waals surface area contributed by atoms with Crippen molar-refractivity contribution in [3.63, 3.8) is 0 Å². The monoisotopic (exact) mass is 322 g/mol. The summed E-state index contributed by atoms with van der Waals surface area (Å²) in [5.74, 6) is -0.0449. The van der Waals surface area contributed by atoms with Crippen LogP contribution in [0.3, 0.4) is 0 Å². The van der Waals surface area contributed by atoms with Crippen LogP contribution in [0.1, 0.15) is 26.2 Å². The molecule has 0 radical (unpaired) electrons. The van der Waals surface area contributed by atoms with Crippen LogP contribution in [0.15, 0.2) is 0 Å². The standard InChI is InChI=1S/C13H26N2O5S/c1-4-20-11-12(16)15-8-5-13(6-9-15,7-10-19-2)14-21(3,17)18/h14H,4-11H2,1-3H3. The highest BCUT2D eigenvalue weighted by Crippen LogP contribution is 2.27. The molecule has 124 valence electrons. The predicted molar refractivity (Wildman–Crippen MR) is 79.5 cm³/mol. The van der Waals surface area contributed by atoms with Crippen LogP contribution >= 0.6 is 0 Å². The maximum atomic E-state index is 11.9. The van der Waals surface area contributed by atoms with Gasteiger partial charge in [-0.3, -0.25) is 4.79 Å². The second kappa shape index (κ2) is 8.07. The average Bonchev–Trinajstić information content (AvgIpc) is 2.41. The molecular weight excluding hydrogens is 296 g/mol. The van der Waals surface area contributed by atoms with E-state index < -0.39 is 15.6 Å². The number of methoxy groups -OCH3 is 1. The van der Waals surface area contributed by atoms with Crippen LogP contribution in [-0.4, -0.2) is 71.0 Å². The van der Waals surface area contributed by atoms with Crippen LogP contribution in [0.25, 0.3) is 0 Å². The number of carbonyl (C=O) groups is 1. The van der Waals surface area contributed by atoms with Gasteiger partial charge in [-0.15, -0.1) is 0 Å². The fourth-order valence-corrected chi connectivity index (χ4v) is 3.65. The second-order valence-corrected chi connectivity index (χ2v) is 7.16.